The first kappa shape index (κ1) is 18.8. The lowest BCUT2D eigenvalue weighted by molar-refractivity contribution is -0.129. The topological polar surface area (TPSA) is 73.9 Å². The molecule has 1 fully saturated rings. The standard InChI is InChI=1S/C21H23NO5/c1-14(20(23)22-17-9-10-17)27-21(24)16-8-11-18(19(12-16)25-2)26-13-15-6-4-3-5-7-15/h3-8,11-12,14,17H,9-10,13H2,1-2H3,(H,22,23)/t14-/m1/s1. The van der Waals surface area contributed by atoms with Crippen LogP contribution in [-0.2, 0) is 16.1 Å². The Morgan fingerprint density at radius 3 is 2.52 bits per heavy atom. The van der Waals surface area contributed by atoms with E-state index in [4.69, 9.17) is 14.2 Å². The largest absolute Gasteiger partial charge is 0.493 e. The molecule has 2 aromatic carbocycles. The molecule has 0 aromatic heterocycles. The van der Waals surface area contributed by atoms with Crippen molar-refractivity contribution >= 4 is 11.9 Å². The zero-order valence-electron chi connectivity index (χ0n) is 15.4. The number of ether oxygens (including phenoxy) is 3. The van der Waals surface area contributed by atoms with E-state index in [-0.39, 0.29) is 11.9 Å². The molecule has 1 N–H and O–H groups in total. The number of rotatable bonds is 8. The molecule has 0 bridgehead atoms. The van der Waals surface area contributed by atoms with E-state index in [0.29, 0.717) is 23.7 Å². The summed E-state index contributed by atoms with van der Waals surface area (Å²) in [6, 6.07) is 14.8. The van der Waals surface area contributed by atoms with Crippen LogP contribution in [0.1, 0.15) is 35.7 Å². The molecule has 0 radical (unpaired) electrons. The second-order valence-corrected chi connectivity index (χ2v) is 6.47. The fourth-order valence-electron chi connectivity index (χ4n) is 2.48. The number of esters is 1. The molecule has 1 aliphatic carbocycles. The van der Waals surface area contributed by atoms with E-state index >= 15 is 0 Å². The molecule has 1 aliphatic rings. The highest BCUT2D eigenvalue weighted by molar-refractivity contribution is 5.93. The first-order valence-electron chi connectivity index (χ1n) is 8.93. The van der Waals surface area contributed by atoms with Crippen molar-refractivity contribution in [1.82, 2.24) is 5.32 Å². The summed E-state index contributed by atoms with van der Waals surface area (Å²) in [5.74, 6) is 0.0925. The summed E-state index contributed by atoms with van der Waals surface area (Å²) in [5, 5.41) is 2.81. The normalized spacial score (nSPS) is 14.1. The average Bonchev–Trinajstić information content (AvgIpc) is 3.50. The van der Waals surface area contributed by atoms with Crippen LogP contribution >= 0.6 is 0 Å². The molecule has 1 atom stereocenters. The first-order chi connectivity index (χ1) is 13.1. The lowest BCUT2D eigenvalue weighted by Crippen LogP contribution is -2.37. The fourth-order valence-corrected chi connectivity index (χ4v) is 2.48. The molecule has 1 saturated carbocycles. The Labute approximate surface area is 158 Å². The Balaban J connectivity index is 1.61. The van der Waals surface area contributed by atoms with E-state index in [9.17, 15) is 9.59 Å². The Bertz CT molecular complexity index is 801. The fraction of sp³-hybridized carbons (Fsp3) is 0.333. The van der Waals surface area contributed by atoms with Gasteiger partial charge in [-0.3, -0.25) is 4.79 Å². The van der Waals surface area contributed by atoms with Crippen LogP contribution in [0.4, 0.5) is 0 Å². The maximum Gasteiger partial charge on any atom is 0.339 e. The predicted octanol–water partition coefficient (Wildman–Crippen LogP) is 3.10. The third-order valence-corrected chi connectivity index (χ3v) is 4.21. The highest BCUT2D eigenvalue weighted by Gasteiger charge is 2.27. The van der Waals surface area contributed by atoms with Crippen LogP contribution in [0.5, 0.6) is 11.5 Å². The van der Waals surface area contributed by atoms with Crippen molar-refractivity contribution in [3.63, 3.8) is 0 Å². The monoisotopic (exact) mass is 369 g/mol. The van der Waals surface area contributed by atoms with Crippen molar-refractivity contribution in [3.05, 3.63) is 59.7 Å². The smallest absolute Gasteiger partial charge is 0.339 e. The van der Waals surface area contributed by atoms with Gasteiger partial charge in [-0.2, -0.15) is 0 Å². The molecule has 142 valence electrons. The number of carbonyl (C=O) groups excluding carboxylic acids is 2. The van der Waals surface area contributed by atoms with Gasteiger partial charge < -0.3 is 19.5 Å². The summed E-state index contributed by atoms with van der Waals surface area (Å²) in [6.45, 7) is 1.95. The highest BCUT2D eigenvalue weighted by atomic mass is 16.5. The molecule has 6 nitrogen and oxygen atoms in total. The lowest BCUT2D eigenvalue weighted by atomic mass is 10.2. The molecule has 0 unspecified atom stereocenters. The van der Waals surface area contributed by atoms with Crippen molar-refractivity contribution in [2.45, 2.75) is 38.5 Å². The summed E-state index contributed by atoms with van der Waals surface area (Å²) in [6.07, 6.45) is 1.11. The Hall–Kier alpha value is -3.02. The SMILES string of the molecule is COc1cc(C(=O)O[C@H](C)C(=O)NC2CC2)ccc1OCc1ccccc1. The second-order valence-electron chi connectivity index (χ2n) is 6.47. The molecule has 2 aromatic rings. The molecule has 1 amide bonds. The molecular weight excluding hydrogens is 346 g/mol. The van der Waals surface area contributed by atoms with Crippen LogP contribution in [0.3, 0.4) is 0 Å². The van der Waals surface area contributed by atoms with E-state index in [1.54, 1.807) is 25.1 Å². The van der Waals surface area contributed by atoms with E-state index < -0.39 is 12.1 Å². The van der Waals surface area contributed by atoms with E-state index in [1.807, 2.05) is 30.3 Å². The van der Waals surface area contributed by atoms with E-state index in [1.165, 1.54) is 7.11 Å². The highest BCUT2D eigenvalue weighted by Crippen LogP contribution is 2.29. The first-order valence-corrected chi connectivity index (χ1v) is 8.93. The van der Waals surface area contributed by atoms with Crippen LogP contribution in [0.15, 0.2) is 48.5 Å². The third kappa shape index (κ3) is 5.23. The van der Waals surface area contributed by atoms with Crippen molar-refractivity contribution < 1.29 is 23.8 Å². The van der Waals surface area contributed by atoms with Gasteiger partial charge in [0.1, 0.15) is 6.61 Å². The second kappa shape index (κ2) is 8.58. The average molecular weight is 369 g/mol. The van der Waals surface area contributed by atoms with Gasteiger partial charge in [0.2, 0.25) is 0 Å². The van der Waals surface area contributed by atoms with Crippen molar-refractivity contribution in [2.24, 2.45) is 0 Å². The third-order valence-electron chi connectivity index (χ3n) is 4.21. The quantitative estimate of drug-likeness (QED) is 0.724. The van der Waals surface area contributed by atoms with Crippen molar-refractivity contribution in [2.75, 3.05) is 7.11 Å². The van der Waals surface area contributed by atoms with E-state index in [2.05, 4.69) is 5.32 Å². The van der Waals surface area contributed by atoms with Gasteiger partial charge in [-0.15, -0.1) is 0 Å². The minimum Gasteiger partial charge on any atom is -0.493 e. The number of benzene rings is 2. The summed E-state index contributed by atoms with van der Waals surface area (Å²) in [7, 11) is 1.51. The maximum atomic E-state index is 12.3. The molecule has 3 rings (SSSR count). The number of amides is 1. The summed E-state index contributed by atoms with van der Waals surface area (Å²) >= 11 is 0. The molecular formula is C21H23NO5. The molecule has 27 heavy (non-hydrogen) atoms. The number of hydrogen-bond acceptors (Lipinski definition) is 5. The Kier molecular flexibility index (Phi) is 5.96. The summed E-state index contributed by atoms with van der Waals surface area (Å²) in [5.41, 5.74) is 1.32. The van der Waals surface area contributed by atoms with Gasteiger partial charge in [0.05, 0.1) is 12.7 Å². The van der Waals surface area contributed by atoms with Gasteiger partial charge in [-0.05, 0) is 43.5 Å². The minimum absolute atomic E-state index is 0.222. The van der Waals surface area contributed by atoms with Gasteiger partial charge in [0.15, 0.2) is 17.6 Å². The van der Waals surface area contributed by atoms with Crippen molar-refractivity contribution in [3.8, 4) is 11.5 Å². The van der Waals surface area contributed by atoms with Gasteiger partial charge in [-0.1, -0.05) is 30.3 Å². The van der Waals surface area contributed by atoms with E-state index in [0.717, 1.165) is 18.4 Å². The van der Waals surface area contributed by atoms with Gasteiger partial charge >= 0.3 is 5.97 Å². The number of carbonyl (C=O) groups is 2. The van der Waals surface area contributed by atoms with Gasteiger partial charge in [0, 0.05) is 6.04 Å². The van der Waals surface area contributed by atoms with Crippen LogP contribution in [0, 0.1) is 0 Å². The number of hydrogen-bond donors (Lipinski definition) is 1. The number of methoxy groups -OCH3 is 1. The van der Waals surface area contributed by atoms with Gasteiger partial charge in [0.25, 0.3) is 5.91 Å². The molecule has 0 spiro atoms. The van der Waals surface area contributed by atoms with Crippen LogP contribution in [-0.4, -0.2) is 31.1 Å². The van der Waals surface area contributed by atoms with Crippen LogP contribution < -0.4 is 14.8 Å². The Morgan fingerprint density at radius 2 is 1.85 bits per heavy atom. The summed E-state index contributed by atoms with van der Waals surface area (Å²) < 4.78 is 16.4. The van der Waals surface area contributed by atoms with Gasteiger partial charge in [-0.25, -0.2) is 4.79 Å². The lowest BCUT2D eigenvalue weighted by Gasteiger charge is -2.15. The zero-order chi connectivity index (χ0) is 19.2. The maximum absolute atomic E-state index is 12.3. The predicted molar refractivity (Wildman–Crippen MR) is 99.8 cm³/mol. The minimum atomic E-state index is -0.849. The summed E-state index contributed by atoms with van der Waals surface area (Å²) in [4.78, 5) is 24.2. The van der Waals surface area contributed by atoms with Crippen LogP contribution in [0.25, 0.3) is 0 Å². The zero-order valence-corrected chi connectivity index (χ0v) is 15.4. The molecule has 6 heteroatoms. The van der Waals surface area contributed by atoms with Crippen molar-refractivity contribution in [1.29, 1.82) is 0 Å². The molecule has 0 saturated heterocycles. The molecule has 0 heterocycles. The Morgan fingerprint density at radius 1 is 1.11 bits per heavy atom. The number of nitrogens with one attached hydrogen (secondary N) is 1. The van der Waals surface area contributed by atoms with Crippen LogP contribution in [0.2, 0.25) is 0 Å². The molecule has 0 aliphatic heterocycles.